The van der Waals surface area contributed by atoms with Crippen molar-refractivity contribution in [3.05, 3.63) is 63.0 Å². The highest BCUT2D eigenvalue weighted by molar-refractivity contribution is 6.35. The zero-order valence-corrected chi connectivity index (χ0v) is 14.9. The van der Waals surface area contributed by atoms with E-state index in [1.807, 2.05) is 42.6 Å². The molecule has 2 unspecified atom stereocenters. The van der Waals surface area contributed by atoms with E-state index >= 15 is 0 Å². The van der Waals surface area contributed by atoms with Gasteiger partial charge in [0, 0.05) is 33.9 Å². The molecule has 1 aliphatic rings. The minimum absolute atomic E-state index is 0.0965. The Kier molecular flexibility index (Phi) is 3.71. The smallest absolute Gasteiger partial charge is 0.161 e. The number of fused-ring (bicyclic) bond motifs is 3. The third kappa shape index (κ3) is 2.37. The van der Waals surface area contributed by atoms with E-state index in [9.17, 15) is 5.11 Å². The largest absolute Gasteiger partial charge is 0.388 e. The number of nitrogens with zero attached hydrogens (tertiary/aromatic N) is 2. The van der Waals surface area contributed by atoms with Crippen molar-refractivity contribution in [2.75, 3.05) is 5.32 Å². The molecule has 0 radical (unpaired) electrons. The van der Waals surface area contributed by atoms with Gasteiger partial charge in [0.2, 0.25) is 0 Å². The molecule has 0 spiro atoms. The van der Waals surface area contributed by atoms with E-state index in [1.165, 1.54) is 0 Å². The molecule has 3 heterocycles. The van der Waals surface area contributed by atoms with Gasteiger partial charge in [0.05, 0.1) is 23.5 Å². The summed E-state index contributed by atoms with van der Waals surface area (Å²) in [4.78, 5) is 4.66. The number of nitrogens with one attached hydrogen (secondary N) is 1. The number of aliphatic hydroxyl groups excluding tert-OH is 1. The number of halogens is 2. The van der Waals surface area contributed by atoms with Crippen LogP contribution in [0.15, 0.2) is 30.5 Å². The minimum atomic E-state index is -0.569. The first kappa shape index (κ1) is 15.8. The summed E-state index contributed by atoms with van der Waals surface area (Å²) in [5, 5.41) is 15.3. The van der Waals surface area contributed by atoms with Gasteiger partial charge in [-0.15, -0.1) is 0 Å². The van der Waals surface area contributed by atoms with Crippen molar-refractivity contribution in [1.82, 2.24) is 9.38 Å². The molecule has 1 aliphatic heterocycles. The lowest BCUT2D eigenvalue weighted by atomic mass is 9.92. The molecule has 4 rings (SSSR count). The Bertz CT molecular complexity index is 951. The van der Waals surface area contributed by atoms with Gasteiger partial charge in [0.1, 0.15) is 0 Å². The van der Waals surface area contributed by atoms with Crippen LogP contribution in [-0.2, 0) is 0 Å². The number of rotatable bonds is 1. The normalized spacial score (nSPS) is 20.0. The maximum atomic E-state index is 10.6. The predicted molar refractivity (Wildman–Crippen MR) is 97.1 cm³/mol. The molecular formula is C18H17Cl2N3O. The van der Waals surface area contributed by atoms with E-state index in [0.29, 0.717) is 16.5 Å². The van der Waals surface area contributed by atoms with Gasteiger partial charge in [-0.1, -0.05) is 29.3 Å². The van der Waals surface area contributed by atoms with Crippen molar-refractivity contribution in [3.63, 3.8) is 0 Å². The summed E-state index contributed by atoms with van der Waals surface area (Å²) in [7, 11) is 0. The topological polar surface area (TPSA) is 49.6 Å². The van der Waals surface area contributed by atoms with E-state index in [-0.39, 0.29) is 6.04 Å². The number of hydrogen-bond acceptors (Lipinski definition) is 3. The van der Waals surface area contributed by atoms with Crippen molar-refractivity contribution in [3.8, 4) is 0 Å². The molecular weight excluding hydrogens is 345 g/mol. The van der Waals surface area contributed by atoms with Gasteiger partial charge in [-0.25, -0.2) is 4.98 Å². The van der Waals surface area contributed by atoms with Gasteiger partial charge in [-0.3, -0.25) is 0 Å². The highest BCUT2D eigenvalue weighted by Gasteiger charge is 2.29. The van der Waals surface area contributed by atoms with Crippen LogP contribution >= 0.6 is 23.2 Å². The first-order chi connectivity index (χ1) is 11.5. The fraction of sp³-hybridized carbons (Fsp3) is 0.278. The van der Waals surface area contributed by atoms with Crippen molar-refractivity contribution in [2.24, 2.45) is 0 Å². The molecule has 2 aromatic heterocycles. The average molecular weight is 362 g/mol. The quantitative estimate of drug-likeness (QED) is 0.651. The standard InChI is InChI=1S/C18H17Cl2N3O/c1-9-10(2)23-6-5-13-16(24)8-15(22-17(13)18(23)21-9)12-4-3-11(19)7-14(12)20/h3-7,15-16,22,24H,8H2,1-2H3. The van der Waals surface area contributed by atoms with Gasteiger partial charge < -0.3 is 14.8 Å². The summed E-state index contributed by atoms with van der Waals surface area (Å²) in [5.41, 5.74) is 5.56. The third-order valence-electron chi connectivity index (χ3n) is 4.78. The maximum absolute atomic E-state index is 10.6. The zero-order valence-electron chi connectivity index (χ0n) is 13.3. The molecule has 0 fully saturated rings. The summed E-state index contributed by atoms with van der Waals surface area (Å²) in [6.07, 6.45) is 1.94. The van der Waals surface area contributed by atoms with E-state index in [4.69, 9.17) is 23.2 Å². The van der Waals surface area contributed by atoms with Crippen LogP contribution in [0.3, 0.4) is 0 Å². The molecule has 0 amide bonds. The zero-order chi connectivity index (χ0) is 17.0. The number of aryl methyl sites for hydroxylation is 2. The molecule has 6 heteroatoms. The molecule has 124 valence electrons. The fourth-order valence-electron chi connectivity index (χ4n) is 3.35. The molecule has 2 atom stereocenters. The minimum Gasteiger partial charge on any atom is -0.388 e. The number of benzene rings is 1. The molecule has 0 saturated carbocycles. The van der Waals surface area contributed by atoms with Crippen LogP contribution in [0.1, 0.15) is 41.1 Å². The molecule has 3 aromatic rings. The second kappa shape index (κ2) is 5.66. The van der Waals surface area contributed by atoms with Crippen molar-refractivity contribution in [1.29, 1.82) is 0 Å². The first-order valence-electron chi connectivity index (χ1n) is 7.83. The molecule has 4 nitrogen and oxygen atoms in total. The lowest BCUT2D eigenvalue weighted by molar-refractivity contribution is 0.156. The Morgan fingerprint density at radius 1 is 1.21 bits per heavy atom. The Morgan fingerprint density at radius 3 is 2.75 bits per heavy atom. The lowest BCUT2D eigenvalue weighted by Gasteiger charge is -2.31. The number of aliphatic hydroxyl groups is 1. The first-order valence-corrected chi connectivity index (χ1v) is 8.59. The van der Waals surface area contributed by atoms with E-state index < -0.39 is 6.10 Å². The monoisotopic (exact) mass is 361 g/mol. The van der Waals surface area contributed by atoms with Gasteiger partial charge in [-0.2, -0.15) is 0 Å². The van der Waals surface area contributed by atoms with Crippen LogP contribution in [0.25, 0.3) is 5.65 Å². The van der Waals surface area contributed by atoms with Crippen LogP contribution in [-0.4, -0.2) is 14.5 Å². The summed E-state index contributed by atoms with van der Waals surface area (Å²) in [5.74, 6) is 0. The highest BCUT2D eigenvalue weighted by atomic mass is 35.5. The second-order valence-electron chi connectivity index (χ2n) is 6.24. The maximum Gasteiger partial charge on any atom is 0.161 e. The van der Waals surface area contributed by atoms with Crippen molar-refractivity contribution < 1.29 is 5.11 Å². The Hall–Kier alpha value is -1.75. The summed E-state index contributed by atoms with van der Waals surface area (Å²) in [6.45, 7) is 4.02. The molecule has 1 aromatic carbocycles. The van der Waals surface area contributed by atoms with E-state index in [0.717, 1.165) is 33.8 Å². The molecule has 24 heavy (non-hydrogen) atoms. The van der Waals surface area contributed by atoms with Crippen molar-refractivity contribution in [2.45, 2.75) is 32.4 Å². The van der Waals surface area contributed by atoms with Crippen LogP contribution in [0.4, 0.5) is 5.69 Å². The Balaban J connectivity index is 1.85. The van der Waals surface area contributed by atoms with Crippen LogP contribution in [0, 0.1) is 13.8 Å². The Morgan fingerprint density at radius 2 is 2.00 bits per heavy atom. The number of hydrogen-bond donors (Lipinski definition) is 2. The number of pyridine rings is 1. The SMILES string of the molecule is Cc1nc2c3c(ccn2c1C)C(O)CC(c1ccc(Cl)cc1Cl)N3. The van der Waals surface area contributed by atoms with Crippen LogP contribution in [0.2, 0.25) is 10.0 Å². The van der Waals surface area contributed by atoms with Crippen LogP contribution in [0.5, 0.6) is 0 Å². The lowest BCUT2D eigenvalue weighted by Crippen LogP contribution is -2.22. The summed E-state index contributed by atoms with van der Waals surface area (Å²) >= 11 is 12.4. The molecule has 2 N–H and O–H groups in total. The van der Waals surface area contributed by atoms with Gasteiger partial charge >= 0.3 is 0 Å². The molecule has 0 saturated heterocycles. The highest BCUT2D eigenvalue weighted by Crippen LogP contribution is 2.42. The van der Waals surface area contributed by atoms with E-state index in [1.54, 1.807) is 6.07 Å². The van der Waals surface area contributed by atoms with E-state index in [2.05, 4.69) is 10.3 Å². The summed E-state index contributed by atoms with van der Waals surface area (Å²) in [6, 6.07) is 7.31. The Labute approximate surface area is 150 Å². The molecule has 0 aliphatic carbocycles. The number of aromatic nitrogens is 2. The van der Waals surface area contributed by atoms with Gasteiger partial charge in [0.25, 0.3) is 0 Å². The third-order valence-corrected chi connectivity index (χ3v) is 5.34. The fourth-order valence-corrected chi connectivity index (χ4v) is 3.89. The van der Waals surface area contributed by atoms with Gasteiger partial charge in [-0.05, 0) is 37.6 Å². The number of anilines is 1. The second-order valence-corrected chi connectivity index (χ2v) is 7.08. The summed E-state index contributed by atoms with van der Waals surface area (Å²) < 4.78 is 2.04. The molecule has 0 bridgehead atoms. The average Bonchev–Trinajstić information content (AvgIpc) is 2.83. The van der Waals surface area contributed by atoms with Crippen molar-refractivity contribution >= 4 is 34.5 Å². The number of imidazole rings is 1. The predicted octanol–water partition coefficient (Wildman–Crippen LogP) is 4.85. The van der Waals surface area contributed by atoms with Gasteiger partial charge in [0.15, 0.2) is 5.65 Å². The van der Waals surface area contributed by atoms with Crippen LogP contribution < -0.4 is 5.32 Å².